The van der Waals surface area contributed by atoms with Gasteiger partial charge in [-0.2, -0.15) is 0 Å². The molecule has 0 aliphatic carbocycles. The number of aliphatic hydroxyl groups is 1. The van der Waals surface area contributed by atoms with Gasteiger partial charge in [0.05, 0.1) is 31.6 Å². The number of benzene rings is 2. The number of carbonyl (C=O) groups excluding carboxylic acids is 2. The van der Waals surface area contributed by atoms with Gasteiger partial charge in [0, 0.05) is 5.75 Å². The van der Waals surface area contributed by atoms with E-state index in [1.165, 1.54) is 53.0 Å². The molecule has 2 aromatic heterocycles. The van der Waals surface area contributed by atoms with Gasteiger partial charge in [-0.3, -0.25) is 14.5 Å². The van der Waals surface area contributed by atoms with E-state index in [1.54, 1.807) is 24.3 Å². The molecule has 1 unspecified atom stereocenters. The monoisotopic (exact) mass is 563 g/mol. The number of anilines is 1. The summed E-state index contributed by atoms with van der Waals surface area (Å²) in [5.41, 5.74) is 2.71. The predicted molar refractivity (Wildman–Crippen MR) is 148 cm³/mol. The van der Waals surface area contributed by atoms with Crippen molar-refractivity contribution in [3.63, 3.8) is 0 Å². The molecule has 5 rings (SSSR count). The van der Waals surface area contributed by atoms with Crippen LogP contribution in [0.3, 0.4) is 0 Å². The number of aliphatic hydroxyl groups excluding tert-OH is 1. The zero-order valence-electron chi connectivity index (χ0n) is 21.4. The van der Waals surface area contributed by atoms with Gasteiger partial charge in [-0.25, -0.2) is 0 Å². The fourth-order valence-electron chi connectivity index (χ4n) is 4.21. The number of methoxy groups -OCH3 is 1. The summed E-state index contributed by atoms with van der Waals surface area (Å²) in [5, 5.41) is 19.7. The van der Waals surface area contributed by atoms with Gasteiger partial charge in [0.2, 0.25) is 10.9 Å². The van der Waals surface area contributed by atoms with Gasteiger partial charge in [-0.15, -0.1) is 10.2 Å². The second kappa shape index (κ2) is 11.3. The number of hydrogen-bond acceptors (Lipinski definition) is 10. The molecule has 3 heterocycles. The molecule has 1 aliphatic heterocycles. The highest BCUT2D eigenvalue weighted by atomic mass is 32.2. The number of nitrogens with zero attached hydrogens (tertiary/aromatic N) is 3. The Hall–Kier alpha value is -4.09. The van der Waals surface area contributed by atoms with Gasteiger partial charge in [-0.05, 0) is 49.2 Å². The molecule has 0 fully saturated rings. The van der Waals surface area contributed by atoms with E-state index in [4.69, 9.17) is 13.9 Å². The van der Waals surface area contributed by atoms with Crippen LogP contribution in [0.5, 0.6) is 11.5 Å². The Balaban J connectivity index is 1.52. The highest BCUT2D eigenvalue weighted by Crippen LogP contribution is 2.45. The van der Waals surface area contributed by atoms with Crippen LogP contribution in [-0.2, 0) is 10.5 Å². The molecule has 0 spiro atoms. The van der Waals surface area contributed by atoms with E-state index in [0.29, 0.717) is 33.8 Å². The van der Waals surface area contributed by atoms with Gasteiger partial charge in [0.15, 0.2) is 27.4 Å². The zero-order valence-corrected chi connectivity index (χ0v) is 23.0. The number of furan rings is 1. The van der Waals surface area contributed by atoms with E-state index < -0.39 is 23.5 Å². The average molecular weight is 564 g/mol. The molecule has 200 valence electrons. The molecule has 0 bridgehead atoms. The lowest BCUT2D eigenvalue weighted by Crippen LogP contribution is -2.31. The molecule has 2 aromatic carbocycles. The number of ketones is 1. The molecule has 1 N–H and O–H groups in total. The third-order valence-corrected chi connectivity index (χ3v) is 8.21. The number of ether oxygens (including phenoxy) is 2. The first-order chi connectivity index (χ1) is 18.9. The van der Waals surface area contributed by atoms with E-state index in [0.717, 1.165) is 5.56 Å². The van der Waals surface area contributed by atoms with Crippen LogP contribution in [0.25, 0.3) is 0 Å². The Morgan fingerprint density at radius 2 is 1.95 bits per heavy atom. The SMILES string of the molecule is CCOc1ccc(C2C(C(=O)c3ccco3)=C(O)C(=O)N2c2nnc(SCc3ccc(C)cc3)s2)cc1OC. The van der Waals surface area contributed by atoms with Gasteiger partial charge in [0.25, 0.3) is 5.91 Å². The lowest BCUT2D eigenvalue weighted by molar-refractivity contribution is -0.117. The Morgan fingerprint density at radius 1 is 1.15 bits per heavy atom. The highest BCUT2D eigenvalue weighted by Gasteiger charge is 2.47. The Labute approximate surface area is 233 Å². The van der Waals surface area contributed by atoms with Crippen molar-refractivity contribution in [2.45, 2.75) is 30.0 Å². The number of carbonyl (C=O) groups is 2. The highest BCUT2D eigenvalue weighted by molar-refractivity contribution is 8.00. The molecule has 4 aromatic rings. The minimum Gasteiger partial charge on any atom is -0.503 e. The zero-order chi connectivity index (χ0) is 27.5. The normalized spacial score (nSPS) is 15.2. The molecule has 39 heavy (non-hydrogen) atoms. The van der Waals surface area contributed by atoms with E-state index >= 15 is 0 Å². The van der Waals surface area contributed by atoms with Crippen molar-refractivity contribution in [2.24, 2.45) is 0 Å². The molecule has 9 nitrogen and oxygen atoms in total. The number of rotatable bonds is 10. The van der Waals surface area contributed by atoms with Crippen LogP contribution in [0.1, 0.15) is 40.2 Å². The van der Waals surface area contributed by atoms with E-state index in [2.05, 4.69) is 22.3 Å². The summed E-state index contributed by atoms with van der Waals surface area (Å²) >= 11 is 2.70. The minimum atomic E-state index is -0.998. The first-order valence-electron chi connectivity index (χ1n) is 12.1. The molecule has 11 heteroatoms. The van der Waals surface area contributed by atoms with Crippen LogP contribution < -0.4 is 14.4 Å². The average Bonchev–Trinajstić information content (AvgIpc) is 3.69. The maximum absolute atomic E-state index is 13.5. The molecular weight excluding hydrogens is 538 g/mol. The summed E-state index contributed by atoms with van der Waals surface area (Å²) < 4.78 is 17.1. The van der Waals surface area contributed by atoms with Crippen LogP contribution in [0, 0.1) is 6.92 Å². The largest absolute Gasteiger partial charge is 0.503 e. The maximum Gasteiger partial charge on any atom is 0.296 e. The van der Waals surface area contributed by atoms with Gasteiger partial charge in [-0.1, -0.05) is 59.0 Å². The van der Waals surface area contributed by atoms with Crippen molar-refractivity contribution in [3.05, 3.63) is 94.6 Å². The second-order valence-electron chi connectivity index (χ2n) is 8.61. The number of hydrogen-bond donors (Lipinski definition) is 1. The minimum absolute atomic E-state index is 0.000655. The number of amides is 1. The smallest absolute Gasteiger partial charge is 0.296 e. The van der Waals surface area contributed by atoms with E-state index in [1.807, 2.05) is 26.0 Å². The second-order valence-corrected chi connectivity index (χ2v) is 10.8. The molecular formula is C28H25N3O6S2. The molecule has 0 saturated carbocycles. The fraction of sp³-hybridized carbons (Fsp3) is 0.214. The summed E-state index contributed by atoms with van der Waals surface area (Å²) in [6, 6.07) is 15.4. The van der Waals surface area contributed by atoms with E-state index in [9.17, 15) is 14.7 Å². The standard InChI is InChI=1S/C28H25N3O6S2/c1-4-36-19-12-11-18(14-21(19)35-3)23-22(24(32)20-6-5-13-37-20)25(33)26(34)31(23)27-29-30-28(39-27)38-15-17-9-7-16(2)8-10-17/h5-14,23,33H,4,15H2,1-3H3. The van der Waals surface area contributed by atoms with Gasteiger partial charge >= 0.3 is 0 Å². The summed E-state index contributed by atoms with van der Waals surface area (Å²) in [5.74, 6) is -0.423. The Bertz CT molecular complexity index is 1530. The van der Waals surface area contributed by atoms with Crippen LogP contribution in [-0.4, -0.2) is 40.7 Å². The third-order valence-electron chi connectivity index (χ3n) is 6.09. The number of aryl methyl sites for hydroxylation is 1. The predicted octanol–water partition coefficient (Wildman–Crippen LogP) is 5.92. The summed E-state index contributed by atoms with van der Waals surface area (Å²) in [4.78, 5) is 28.2. The fourth-order valence-corrected chi connectivity index (χ4v) is 6.03. The van der Waals surface area contributed by atoms with Crippen molar-refractivity contribution in [3.8, 4) is 11.5 Å². The third kappa shape index (κ3) is 5.27. The van der Waals surface area contributed by atoms with Crippen molar-refractivity contribution in [2.75, 3.05) is 18.6 Å². The van der Waals surface area contributed by atoms with Crippen molar-refractivity contribution in [1.82, 2.24) is 10.2 Å². The van der Waals surface area contributed by atoms with Crippen molar-refractivity contribution >= 4 is 39.9 Å². The van der Waals surface area contributed by atoms with Crippen LogP contribution in [0.2, 0.25) is 0 Å². The van der Waals surface area contributed by atoms with Gasteiger partial charge < -0.3 is 19.0 Å². The number of Topliss-reactive ketones (excluding diaryl/α,β-unsaturated/α-hetero) is 1. The Morgan fingerprint density at radius 3 is 2.64 bits per heavy atom. The molecule has 1 atom stereocenters. The first-order valence-corrected chi connectivity index (χ1v) is 13.9. The lowest BCUT2D eigenvalue weighted by Gasteiger charge is -2.24. The van der Waals surface area contributed by atoms with Crippen LogP contribution in [0.4, 0.5) is 5.13 Å². The Kier molecular flexibility index (Phi) is 7.71. The lowest BCUT2D eigenvalue weighted by atomic mass is 9.95. The van der Waals surface area contributed by atoms with Crippen LogP contribution >= 0.6 is 23.1 Å². The number of aromatic nitrogens is 2. The summed E-state index contributed by atoms with van der Waals surface area (Å²) in [6.07, 6.45) is 1.36. The summed E-state index contributed by atoms with van der Waals surface area (Å²) in [6.45, 7) is 4.32. The van der Waals surface area contributed by atoms with E-state index in [-0.39, 0.29) is 16.5 Å². The van der Waals surface area contributed by atoms with Gasteiger partial charge in [0.1, 0.15) is 0 Å². The van der Waals surface area contributed by atoms with Crippen LogP contribution in [0.15, 0.2) is 80.9 Å². The molecule has 0 radical (unpaired) electrons. The summed E-state index contributed by atoms with van der Waals surface area (Å²) in [7, 11) is 1.50. The topological polar surface area (TPSA) is 115 Å². The van der Waals surface area contributed by atoms with Crippen molar-refractivity contribution < 1.29 is 28.6 Å². The maximum atomic E-state index is 13.5. The molecule has 1 amide bonds. The first kappa shape index (κ1) is 26.5. The van der Waals surface area contributed by atoms with Crippen molar-refractivity contribution in [1.29, 1.82) is 0 Å². The molecule has 0 saturated heterocycles. The number of thioether (sulfide) groups is 1. The molecule has 1 aliphatic rings. The quantitative estimate of drug-likeness (QED) is 0.143.